The molecule has 1 saturated heterocycles. The maximum absolute atomic E-state index is 13.1. The van der Waals surface area contributed by atoms with E-state index in [2.05, 4.69) is 68.4 Å². The second-order valence-electron chi connectivity index (χ2n) is 10.3. The Morgan fingerprint density at radius 2 is 1.59 bits per heavy atom. The highest BCUT2D eigenvalue weighted by atomic mass is 16.6. The van der Waals surface area contributed by atoms with Crippen molar-refractivity contribution in [1.29, 1.82) is 0 Å². The molecular weight excluding hydrogens is 422 g/mol. The molecule has 4 nitrogen and oxygen atoms in total. The van der Waals surface area contributed by atoms with Gasteiger partial charge in [-0.05, 0) is 62.4 Å². The fourth-order valence-electron chi connectivity index (χ4n) is 4.73. The first-order valence-corrected chi connectivity index (χ1v) is 11.9. The monoisotopic (exact) mass is 455 g/mol. The van der Waals surface area contributed by atoms with Gasteiger partial charge in [0.2, 0.25) is 5.91 Å². The van der Waals surface area contributed by atoms with E-state index in [0.29, 0.717) is 6.54 Å². The van der Waals surface area contributed by atoms with Gasteiger partial charge in [0, 0.05) is 24.8 Å². The molecule has 0 bridgehead atoms. The molecule has 4 rings (SSSR count). The molecule has 0 spiro atoms. The van der Waals surface area contributed by atoms with Crippen LogP contribution in [0, 0.1) is 13.8 Å². The van der Waals surface area contributed by atoms with E-state index in [4.69, 9.17) is 4.74 Å². The molecule has 2 unspecified atom stereocenters. The molecule has 0 aromatic heterocycles. The van der Waals surface area contributed by atoms with E-state index in [1.165, 1.54) is 21.6 Å². The second kappa shape index (κ2) is 9.46. The number of piperidine rings is 1. The summed E-state index contributed by atoms with van der Waals surface area (Å²) in [5.74, 6) is -0.232. The third-order valence-electron chi connectivity index (χ3n) is 6.42. The number of hydrogen-bond acceptors (Lipinski definition) is 3. The molecular formula is C30H33NO3. The van der Waals surface area contributed by atoms with Crippen LogP contribution in [-0.4, -0.2) is 29.0 Å². The third-order valence-corrected chi connectivity index (χ3v) is 6.42. The maximum Gasteiger partial charge on any atom is 0.417 e. The summed E-state index contributed by atoms with van der Waals surface area (Å²) >= 11 is 0. The normalized spacial score (nSPS) is 18.6. The molecule has 0 N–H and O–H groups in total. The van der Waals surface area contributed by atoms with Crippen LogP contribution in [0.3, 0.4) is 0 Å². The molecule has 176 valence electrons. The molecule has 1 aliphatic rings. The first-order chi connectivity index (χ1) is 16.1. The largest absolute Gasteiger partial charge is 0.443 e. The standard InChI is InChI=1S/C30H33NO3/c1-20-14-15-21(2)25(16-20)23-12-9-13-24(17-23)27-19-31(29(33)34-30(3,4)5)28(32)18-26(27)22-10-7-6-8-11-22/h6-17,26-27H,18-19H2,1-5H3. The number of aryl methyl sites for hydroxylation is 2. The maximum atomic E-state index is 13.1. The summed E-state index contributed by atoms with van der Waals surface area (Å²) < 4.78 is 5.56. The summed E-state index contributed by atoms with van der Waals surface area (Å²) in [7, 11) is 0. The summed E-state index contributed by atoms with van der Waals surface area (Å²) in [4.78, 5) is 27.3. The topological polar surface area (TPSA) is 46.6 Å². The molecule has 3 aromatic rings. The van der Waals surface area contributed by atoms with Crippen molar-refractivity contribution < 1.29 is 14.3 Å². The zero-order chi connectivity index (χ0) is 24.5. The van der Waals surface area contributed by atoms with Crippen molar-refractivity contribution in [2.24, 2.45) is 0 Å². The third kappa shape index (κ3) is 5.22. The number of carbonyl (C=O) groups is 2. The van der Waals surface area contributed by atoms with Gasteiger partial charge in [-0.2, -0.15) is 0 Å². The quantitative estimate of drug-likeness (QED) is 0.427. The molecule has 4 heteroatoms. The van der Waals surface area contributed by atoms with Crippen LogP contribution in [0.1, 0.15) is 61.3 Å². The van der Waals surface area contributed by atoms with Crippen molar-refractivity contribution in [3.05, 3.63) is 95.1 Å². The van der Waals surface area contributed by atoms with Gasteiger partial charge in [-0.15, -0.1) is 0 Å². The predicted molar refractivity (Wildman–Crippen MR) is 136 cm³/mol. The van der Waals surface area contributed by atoms with E-state index in [9.17, 15) is 9.59 Å². The minimum absolute atomic E-state index is 0.0127. The number of amides is 2. The molecule has 3 aromatic carbocycles. The lowest BCUT2D eigenvalue weighted by Crippen LogP contribution is -2.47. The van der Waals surface area contributed by atoms with E-state index in [0.717, 1.165) is 16.7 Å². The Balaban J connectivity index is 1.74. The average molecular weight is 456 g/mol. The fourth-order valence-corrected chi connectivity index (χ4v) is 4.73. The molecule has 0 saturated carbocycles. The number of hydrogen-bond donors (Lipinski definition) is 0. The van der Waals surface area contributed by atoms with Gasteiger partial charge in [-0.3, -0.25) is 4.79 Å². The van der Waals surface area contributed by atoms with Crippen molar-refractivity contribution in [2.45, 2.75) is 58.5 Å². The smallest absolute Gasteiger partial charge is 0.417 e. The molecule has 1 fully saturated rings. The number of imide groups is 1. The lowest BCUT2D eigenvalue weighted by Gasteiger charge is -2.38. The molecule has 0 radical (unpaired) electrons. The van der Waals surface area contributed by atoms with Gasteiger partial charge in [0.1, 0.15) is 5.60 Å². The minimum atomic E-state index is -0.661. The Labute approximate surface area is 202 Å². The average Bonchev–Trinajstić information content (AvgIpc) is 2.80. The summed E-state index contributed by atoms with van der Waals surface area (Å²) in [6, 6.07) is 25.1. The zero-order valence-electron chi connectivity index (χ0n) is 20.7. The van der Waals surface area contributed by atoms with Crippen molar-refractivity contribution in [3.63, 3.8) is 0 Å². The van der Waals surface area contributed by atoms with Gasteiger partial charge in [0.25, 0.3) is 0 Å². The van der Waals surface area contributed by atoms with Crippen molar-refractivity contribution in [2.75, 3.05) is 6.54 Å². The second-order valence-corrected chi connectivity index (χ2v) is 10.3. The summed E-state index contributed by atoms with van der Waals surface area (Å²) in [5.41, 5.74) is 6.35. The number of carbonyl (C=O) groups excluding carboxylic acids is 2. The van der Waals surface area contributed by atoms with Crippen molar-refractivity contribution in [1.82, 2.24) is 4.90 Å². The zero-order valence-corrected chi connectivity index (χ0v) is 20.7. The predicted octanol–water partition coefficient (Wildman–Crippen LogP) is 7.01. The lowest BCUT2D eigenvalue weighted by atomic mass is 9.76. The van der Waals surface area contributed by atoms with Crippen molar-refractivity contribution in [3.8, 4) is 11.1 Å². The van der Waals surface area contributed by atoms with Crippen LogP contribution < -0.4 is 0 Å². The summed E-state index contributed by atoms with van der Waals surface area (Å²) in [5, 5.41) is 0. The highest BCUT2D eigenvalue weighted by molar-refractivity contribution is 5.93. The van der Waals surface area contributed by atoms with Crippen LogP contribution in [0.4, 0.5) is 4.79 Å². The number of likely N-dealkylation sites (tertiary alicyclic amines) is 1. The molecule has 0 aliphatic carbocycles. The highest BCUT2D eigenvalue weighted by Crippen LogP contribution is 2.41. The number of benzene rings is 3. The van der Waals surface area contributed by atoms with Crippen LogP contribution >= 0.6 is 0 Å². The van der Waals surface area contributed by atoms with Crippen LogP contribution in [0.15, 0.2) is 72.8 Å². The van der Waals surface area contributed by atoms with Crippen LogP contribution in [0.2, 0.25) is 0 Å². The van der Waals surface area contributed by atoms with Crippen molar-refractivity contribution >= 4 is 12.0 Å². The van der Waals surface area contributed by atoms with E-state index in [1.807, 2.05) is 39.0 Å². The summed E-state index contributed by atoms with van der Waals surface area (Å²) in [6.45, 7) is 9.97. The van der Waals surface area contributed by atoms with Gasteiger partial charge < -0.3 is 4.74 Å². The SMILES string of the molecule is Cc1ccc(C)c(-c2cccc(C3CN(C(=O)OC(C)(C)C)C(=O)CC3c3ccccc3)c2)c1. The summed E-state index contributed by atoms with van der Waals surface area (Å²) in [6.07, 6.45) is -0.304. The highest BCUT2D eigenvalue weighted by Gasteiger charge is 2.40. The first-order valence-electron chi connectivity index (χ1n) is 11.9. The van der Waals surface area contributed by atoms with E-state index in [-0.39, 0.29) is 24.2 Å². The van der Waals surface area contributed by atoms with Crippen LogP contribution in [-0.2, 0) is 9.53 Å². The Hall–Kier alpha value is -3.40. The molecule has 2 amide bonds. The van der Waals surface area contributed by atoms with Gasteiger partial charge in [-0.1, -0.05) is 78.4 Å². The van der Waals surface area contributed by atoms with Gasteiger partial charge >= 0.3 is 6.09 Å². The Bertz CT molecular complexity index is 1190. The number of nitrogens with zero attached hydrogens (tertiary/aromatic N) is 1. The molecule has 1 heterocycles. The fraction of sp³-hybridized carbons (Fsp3) is 0.333. The Kier molecular flexibility index (Phi) is 6.60. The Morgan fingerprint density at radius 3 is 2.29 bits per heavy atom. The van der Waals surface area contributed by atoms with E-state index < -0.39 is 11.7 Å². The van der Waals surface area contributed by atoms with Crippen LogP contribution in [0.25, 0.3) is 11.1 Å². The number of rotatable bonds is 3. The Morgan fingerprint density at radius 1 is 0.882 bits per heavy atom. The van der Waals surface area contributed by atoms with Gasteiger partial charge in [0.15, 0.2) is 0 Å². The lowest BCUT2D eigenvalue weighted by molar-refractivity contribution is -0.133. The molecule has 34 heavy (non-hydrogen) atoms. The van der Waals surface area contributed by atoms with Gasteiger partial charge in [-0.25, -0.2) is 9.69 Å². The molecule has 2 atom stereocenters. The van der Waals surface area contributed by atoms with Crippen LogP contribution in [0.5, 0.6) is 0 Å². The van der Waals surface area contributed by atoms with Gasteiger partial charge in [0.05, 0.1) is 0 Å². The minimum Gasteiger partial charge on any atom is -0.443 e. The molecule has 1 aliphatic heterocycles. The van der Waals surface area contributed by atoms with E-state index >= 15 is 0 Å². The van der Waals surface area contributed by atoms with E-state index in [1.54, 1.807) is 0 Å². The first kappa shape index (κ1) is 23.7. The number of ether oxygens (including phenoxy) is 1.